The van der Waals surface area contributed by atoms with E-state index in [0.29, 0.717) is 0 Å². The summed E-state index contributed by atoms with van der Waals surface area (Å²) in [5.41, 5.74) is 0. The van der Waals surface area contributed by atoms with E-state index in [0.717, 1.165) is 17.8 Å². The molecule has 2 aliphatic carbocycles. The lowest BCUT2D eigenvalue weighted by Crippen LogP contribution is -2.26. The first-order valence-electron chi connectivity index (χ1n) is 5.04. The molecule has 0 nitrogen and oxygen atoms in total. The summed E-state index contributed by atoms with van der Waals surface area (Å²) in [5, 5.41) is 0. The minimum Gasteiger partial charge on any atom is -0.0882 e. The van der Waals surface area contributed by atoms with Crippen LogP contribution in [-0.2, 0) is 0 Å². The molecule has 0 bridgehead atoms. The van der Waals surface area contributed by atoms with Crippen molar-refractivity contribution >= 4 is 0 Å². The van der Waals surface area contributed by atoms with Crippen LogP contribution in [0.3, 0.4) is 0 Å². The summed E-state index contributed by atoms with van der Waals surface area (Å²) >= 11 is 0. The maximum atomic E-state index is 2.48. The van der Waals surface area contributed by atoms with Gasteiger partial charge in [0.2, 0.25) is 0 Å². The zero-order valence-corrected chi connectivity index (χ0v) is 7.42. The lowest BCUT2D eigenvalue weighted by atomic mass is 9.69. The number of hydrogen-bond acceptors (Lipinski definition) is 0. The van der Waals surface area contributed by atoms with Crippen molar-refractivity contribution in [2.45, 2.75) is 39.0 Å². The maximum absolute atomic E-state index is 2.48. The Kier molecular flexibility index (Phi) is 2.02. The first kappa shape index (κ1) is 7.39. The predicted molar refractivity (Wildman–Crippen MR) is 48.4 cm³/mol. The predicted octanol–water partition coefficient (Wildman–Crippen LogP) is 3.39. The van der Waals surface area contributed by atoms with Crippen LogP contribution in [0.2, 0.25) is 0 Å². The van der Waals surface area contributed by atoms with Crippen LogP contribution in [0.25, 0.3) is 0 Å². The Morgan fingerprint density at radius 3 is 2.91 bits per heavy atom. The molecular formula is C11H18. The molecule has 2 aliphatic rings. The molecule has 3 atom stereocenters. The van der Waals surface area contributed by atoms with Gasteiger partial charge in [-0.3, -0.25) is 0 Å². The molecule has 0 spiro atoms. The Hall–Kier alpha value is -0.260. The fraction of sp³-hybridized carbons (Fsp3) is 0.818. The fourth-order valence-corrected chi connectivity index (χ4v) is 2.82. The Morgan fingerprint density at radius 2 is 2.09 bits per heavy atom. The van der Waals surface area contributed by atoms with Crippen molar-refractivity contribution in [3.8, 4) is 0 Å². The van der Waals surface area contributed by atoms with Gasteiger partial charge >= 0.3 is 0 Å². The van der Waals surface area contributed by atoms with Gasteiger partial charge in [0.05, 0.1) is 0 Å². The van der Waals surface area contributed by atoms with Gasteiger partial charge in [-0.1, -0.05) is 31.9 Å². The third kappa shape index (κ3) is 1.36. The number of fused-ring (bicyclic) bond motifs is 1. The average molecular weight is 150 g/mol. The second-order valence-electron chi connectivity index (χ2n) is 4.24. The molecule has 0 N–H and O–H groups in total. The molecule has 1 fully saturated rings. The second-order valence-corrected chi connectivity index (χ2v) is 4.24. The highest BCUT2D eigenvalue weighted by Crippen LogP contribution is 2.40. The quantitative estimate of drug-likeness (QED) is 0.464. The molecule has 0 heterocycles. The van der Waals surface area contributed by atoms with E-state index in [-0.39, 0.29) is 0 Å². The first-order chi connectivity index (χ1) is 5.38. The van der Waals surface area contributed by atoms with Crippen LogP contribution in [0.4, 0.5) is 0 Å². The third-order valence-corrected chi connectivity index (χ3v) is 3.53. The van der Waals surface area contributed by atoms with E-state index < -0.39 is 0 Å². The van der Waals surface area contributed by atoms with Gasteiger partial charge in [-0.25, -0.2) is 0 Å². The van der Waals surface area contributed by atoms with Crippen molar-refractivity contribution in [3.63, 3.8) is 0 Å². The number of rotatable bonds is 0. The molecule has 0 aromatic carbocycles. The molecule has 62 valence electrons. The molecule has 1 saturated carbocycles. The van der Waals surface area contributed by atoms with E-state index >= 15 is 0 Å². The molecular weight excluding hydrogens is 132 g/mol. The minimum atomic E-state index is 0.951. The smallest absolute Gasteiger partial charge is 0.0202 e. The van der Waals surface area contributed by atoms with E-state index in [9.17, 15) is 0 Å². The van der Waals surface area contributed by atoms with Crippen LogP contribution in [0.15, 0.2) is 12.2 Å². The third-order valence-electron chi connectivity index (χ3n) is 3.53. The summed E-state index contributed by atoms with van der Waals surface area (Å²) in [6.07, 6.45) is 12.1. The Bertz CT molecular complexity index is 157. The minimum absolute atomic E-state index is 0.951. The van der Waals surface area contributed by atoms with Gasteiger partial charge in [0.1, 0.15) is 0 Å². The molecule has 0 aromatic rings. The maximum Gasteiger partial charge on any atom is -0.0202 e. The Balaban J connectivity index is 2.08. The summed E-state index contributed by atoms with van der Waals surface area (Å²) in [6, 6.07) is 0. The zero-order chi connectivity index (χ0) is 7.68. The fourth-order valence-electron chi connectivity index (χ4n) is 2.82. The van der Waals surface area contributed by atoms with Crippen molar-refractivity contribution in [1.82, 2.24) is 0 Å². The molecule has 3 unspecified atom stereocenters. The molecule has 0 aliphatic heterocycles. The van der Waals surface area contributed by atoms with Gasteiger partial charge in [-0.15, -0.1) is 0 Å². The van der Waals surface area contributed by atoms with Crippen LogP contribution in [0, 0.1) is 17.8 Å². The summed E-state index contributed by atoms with van der Waals surface area (Å²) in [6.45, 7) is 2.44. The number of allylic oxidation sites excluding steroid dienone is 2. The summed E-state index contributed by atoms with van der Waals surface area (Å²) in [7, 11) is 0. The Morgan fingerprint density at radius 1 is 1.18 bits per heavy atom. The topological polar surface area (TPSA) is 0 Å². The van der Waals surface area contributed by atoms with Gasteiger partial charge in [0.25, 0.3) is 0 Å². The first-order valence-corrected chi connectivity index (χ1v) is 5.04. The van der Waals surface area contributed by atoms with Gasteiger partial charge in [0, 0.05) is 0 Å². The molecule has 0 radical (unpaired) electrons. The SMILES string of the molecule is CC1CCCC2C=CCCC12. The number of hydrogen-bond donors (Lipinski definition) is 0. The zero-order valence-electron chi connectivity index (χ0n) is 7.42. The van der Waals surface area contributed by atoms with Crippen molar-refractivity contribution in [2.75, 3.05) is 0 Å². The summed E-state index contributed by atoms with van der Waals surface area (Å²) < 4.78 is 0. The monoisotopic (exact) mass is 150 g/mol. The normalized spacial score (nSPS) is 43.5. The van der Waals surface area contributed by atoms with E-state index in [1.165, 1.54) is 32.1 Å². The van der Waals surface area contributed by atoms with Crippen molar-refractivity contribution < 1.29 is 0 Å². The van der Waals surface area contributed by atoms with Crippen LogP contribution >= 0.6 is 0 Å². The van der Waals surface area contributed by atoms with Gasteiger partial charge in [-0.05, 0) is 37.0 Å². The largest absolute Gasteiger partial charge is 0.0882 e. The van der Waals surface area contributed by atoms with Crippen LogP contribution < -0.4 is 0 Å². The molecule has 2 rings (SSSR count). The molecule has 0 saturated heterocycles. The van der Waals surface area contributed by atoms with E-state index in [2.05, 4.69) is 19.1 Å². The molecule has 0 aromatic heterocycles. The van der Waals surface area contributed by atoms with Crippen LogP contribution in [-0.4, -0.2) is 0 Å². The lowest BCUT2D eigenvalue weighted by molar-refractivity contribution is 0.181. The van der Waals surface area contributed by atoms with Crippen molar-refractivity contribution in [2.24, 2.45) is 17.8 Å². The standard InChI is InChI=1S/C11H18/c1-9-5-4-7-10-6-2-3-8-11(9)10/h2,6,9-11H,3-5,7-8H2,1H3. The average Bonchev–Trinajstić information content (AvgIpc) is 2.06. The van der Waals surface area contributed by atoms with E-state index in [4.69, 9.17) is 0 Å². The van der Waals surface area contributed by atoms with Gasteiger partial charge in [-0.2, -0.15) is 0 Å². The summed E-state index contributed by atoms with van der Waals surface area (Å²) in [5.74, 6) is 2.99. The molecule has 11 heavy (non-hydrogen) atoms. The van der Waals surface area contributed by atoms with Crippen LogP contribution in [0.1, 0.15) is 39.0 Å². The molecule has 0 amide bonds. The van der Waals surface area contributed by atoms with Crippen molar-refractivity contribution in [1.29, 1.82) is 0 Å². The van der Waals surface area contributed by atoms with E-state index in [1.54, 1.807) is 0 Å². The van der Waals surface area contributed by atoms with E-state index in [1.807, 2.05) is 0 Å². The van der Waals surface area contributed by atoms with Crippen molar-refractivity contribution in [3.05, 3.63) is 12.2 Å². The molecule has 0 heteroatoms. The lowest BCUT2D eigenvalue weighted by Gasteiger charge is -2.37. The highest BCUT2D eigenvalue weighted by molar-refractivity contribution is 4.99. The second kappa shape index (κ2) is 3.00. The van der Waals surface area contributed by atoms with Gasteiger partial charge in [0.15, 0.2) is 0 Å². The Labute approximate surface area is 69.7 Å². The highest BCUT2D eigenvalue weighted by atomic mass is 14.3. The van der Waals surface area contributed by atoms with Gasteiger partial charge < -0.3 is 0 Å². The van der Waals surface area contributed by atoms with Crippen LogP contribution in [0.5, 0.6) is 0 Å². The highest BCUT2D eigenvalue weighted by Gasteiger charge is 2.29. The summed E-state index contributed by atoms with van der Waals surface area (Å²) in [4.78, 5) is 0.